The number of aryl methyl sites for hydroxylation is 2. The van der Waals surface area contributed by atoms with Crippen LogP contribution in [-0.4, -0.2) is 21.8 Å². The van der Waals surface area contributed by atoms with Gasteiger partial charge in [0.15, 0.2) is 0 Å². The lowest BCUT2D eigenvalue weighted by molar-refractivity contribution is 0.208. The summed E-state index contributed by atoms with van der Waals surface area (Å²) in [6, 6.07) is 43.9. The van der Waals surface area contributed by atoms with Gasteiger partial charge in [-0.1, -0.05) is 135 Å². The van der Waals surface area contributed by atoms with Gasteiger partial charge in [-0.25, -0.2) is 0 Å². The Morgan fingerprint density at radius 1 is 0.419 bits per heavy atom. The Kier molecular flexibility index (Phi) is 8.58. The van der Waals surface area contributed by atoms with Crippen molar-refractivity contribution in [3.63, 3.8) is 0 Å². The molecule has 0 spiro atoms. The molecular formula is C40H40O2Si. The van der Waals surface area contributed by atoms with Crippen LogP contribution in [0.15, 0.2) is 121 Å². The Morgan fingerprint density at radius 2 is 0.767 bits per heavy atom. The van der Waals surface area contributed by atoms with E-state index in [-0.39, 0.29) is 0 Å². The fourth-order valence-corrected chi connectivity index (χ4v) is 11.0. The summed E-state index contributed by atoms with van der Waals surface area (Å²) in [6.45, 7) is 9.89. The van der Waals surface area contributed by atoms with E-state index >= 15 is 0 Å². The van der Waals surface area contributed by atoms with E-state index < -0.39 is 8.56 Å². The van der Waals surface area contributed by atoms with Crippen molar-refractivity contribution in [2.75, 3.05) is 13.2 Å². The van der Waals surface area contributed by atoms with E-state index in [1.807, 2.05) is 0 Å². The Morgan fingerprint density at radius 3 is 1.12 bits per heavy atom. The number of benzene rings is 2. The molecule has 0 bridgehead atoms. The summed E-state index contributed by atoms with van der Waals surface area (Å²) in [4.78, 5) is 0. The summed E-state index contributed by atoms with van der Waals surface area (Å²) >= 11 is 0. The van der Waals surface area contributed by atoms with Gasteiger partial charge in [-0.15, -0.1) is 0 Å². The first-order valence-electron chi connectivity index (χ1n) is 15.7. The maximum Gasteiger partial charge on any atom is 0.408 e. The van der Waals surface area contributed by atoms with Crippen molar-refractivity contribution in [3.05, 3.63) is 132 Å². The highest BCUT2D eigenvalue weighted by Crippen LogP contribution is 2.40. The molecule has 0 fully saturated rings. The molecule has 0 unspecified atom stereocenters. The number of fused-ring (bicyclic) bond motifs is 2. The van der Waals surface area contributed by atoms with Gasteiger partial charge in [0.05, 0.1) is 0 Å². The summed E-state index contributed by atoms with van der Waals surface area (Å²) < 4.78 is 14.3. The Labute approximate surface area is 257 Å². The monoisotopic (exact) mass is 580 g/mol. The second-order valence-corrected chi connectivity index (χ2v) is 13.7. The number of rotatable bonds is 10. The zero-order chi connectivity index (χ0) is 29.8. The Hall–Kier alpha value is -4.02. The molecule has 2 aromatic carbocycles. The Balaban J connectivity index is 1.68. The maximum absolute atomic E-state index is 7.13. The molecule has 0 saturated heterocycles. The minimum Gasteiger partial charge on any atom is -0.388 e. The quantitative estimate of drug-likeness (QED) is 0.151. The van der Waals surface area contributed by atoms with Crippen LogP contribution in [0.1, 0.15) is 38.8 Å². The summed E-state index contributed by atoms with van der Waals surface area (Å²) in [7, 11) is -3.22. The molecule has 3 heteroatoms. The summed E-state index contributed by atoms with van der Waals surface area (Å²) in [6.07, 6.45) is 1.81. The number of hydrogen-bond donors (Lipinski definition) is 0. The molecule has 43 heavy (non-hydrogen) atoms. The van der Waals surface area contributed by atoms with E-state index in [2.05, 4.69) is 149 Å². The molecule has 2 aromatic rings. The van der Waals surface area contributed by atoms with Gasteiger partial charge in [0, 0.05) is 23.6 Å². The molecule has 4 aliphatic carbocycles. The van der Waals surface area contributed by atoms with E-state index in [0.717, 1.165) is 12.8 Å². The van der Waals surface area contributed by atoms with Crippen LogP contribution in [0.2, 0.25) is 0 Å². The van der Waals surface area contributed by atoms with Crippen LogP contribution in [-0.2, 0) is 21.7 Å². The van der Waals surface area contributed by atoms with Gasteiger partial charge in [-0.05, 0) is 82.3 Å². The average Bonchev–Trinajstić information content (AvgIpc) is 3.44. The first-order valence-corrected chi connectivity index (χ1v) is 17.5. The van der Waals surface area contributed by atoms with Gasteiger partial charge in [0.25, 0.3) is 0 Å². The summed E-state index contributed by atoms with van der Waals surface area (Å²) in [5, 5.41) is 2.52. The predicted octanol–water partition coefficient (Wildman–Crippen LogP) is 8.98. The van der Waals surface area contributed by atoms with Crippen molar-refractivity contribution in [2.24, 2.45) is 0 Å². The van der Waals surface area contributed by atoms with Crippen molar-refractivity contribution in [1.82, 2.24) is 0 Å². The van der Waals surface area contributed by atoms with Crippen molar-refractivity contribution >= 4 is 18.9 Å². The lowest BCUT2D eigenvalue weighted by atomic mass is 10.0. The van der Waals surface area contributed by atoms with Crippen LogP contribution in [0.5, 0.6) is 0 Å². The minimum absolute atomic E-state index is 0.576. The van der Waals surface area contributed by atoms with Gasteiger partial charge in [0.1, 0.15) is 0 Å². The van der Waals surface area contributed by atoms with Crippen LogP contribution in [0, 0.1) is 0 Å². The largest absolute Gasteiger partial charge is 0.408 e. The van der Waals surface area contributed by atoms with E-state index in [1.54, 1.807) is 0 Å². The third kappa shape index (κ3) is 5.12. The van der Waals surface area contributed by atoms with Crippen LogP contribution >= 0.6 is 0 Å². The van der Waals surface area contributed by atoms with Crippen molar-refractivity contribution in [3.8, 4) is 44.5 Å². The molecule has 0 saturated carbocycles. The van der Waals surface area contributed by atoms with Crippen LogP contribution in [0.25, 0.3) is 44.5 Å². The third-order valence-electron chi connectivity index (χ3n) is 8.54. The van der Waals surface area contributed by atoms with Gasteiger partial charge >= 0.3 is 8.56 Å². The lowest BCUT2D eigenvalue weighted by Gasteiger charge is -2.33. The SMILES string of the molecule is CCO[Si](OCC)(c1c(CC)cc2c(-c3ccccc3)ccccc1-2)c1c(CC)cc2c(-c3ccccc3)ccccc1-2. The first kappa shape index (κ1) is 29.1. The van der Waals surface area contributed by atoms with Gasteiger partial charge < -0.3 is 8.85 Å². The summed E-state index contributed by atoms with van der Waals surface area (Å²) in [5.41, 5.74) is 12.5. The standard InChI is InChI=1S/C40H40O2Si/c1-5-29-27-37-33(31-19-11-9-12-20-31)23-15-17-25-35(37)39(29)43(41-7-3,42-8-4)40-30(6-2)28-38-34(24-16-18-26-36(38)40)32-21-13-10-14-22-32/h9-28H,5-8H2,1-4H3. The van der Waals surface area contributed by atoms with Crippen LogP contribution < -0.4 is 10.4 Å². The molecule has 0 radical (unpaired) electrons. The fraction of sp³-hybridized carbons (Fsp3) is 0.200. The van der Waals surface area contributed by atoms with E-state index in [0.29, 0.717) is 13.2 Å². The predicted molar refractivity (Wildman–Crippen MR) is 184 cm³/mol. The average molecular weight is 581 g/mol. The topological polar surface area (TPSA) is 18.5 Å². The van der Waals surface area contributed by atoms with Crippen LogP contribution in [0.4, 0.5) is 0 Å². The number of hydrogen-bond acceptors (Lipinski definition) is 2. The van der Waals surface area contributed by atoms with E-state index in [9.17, 15) is 0 Å². The molecule has 0 heterocycles. The van der Waals surface area contributed by atoms with Crippen molar-refractivity contribution in [2.45, 2.75) is 40.5 Å². The van der Waals surface area contributed by atoms with E-state index in [4.69, 9.17) is 8.85 Å². The van der Waals surface area contributed by atoms with Gasteiger partial charge in [-0.2, -0.15) is 0 Å². The van der Waals surface area contributed by atoms with Crippen LogP contribution in [0.3, 0.4) is 0 Å². The molecule has 0 aliphatic heterocycles. The molecule has 216 valence electrons. The zero-order valence-corrected chi connectivity index (χ0v) is 26.7. The van der Waals surface area contributed by atoms with Crippen molar-refractivity contribution in [1.29, 1.82) is 0 Å². The molecule has 0 aromatic heterocycles. The fourth-order valence-electron chi connectivity index (χ4n) is 6.78. The third-order valence-corrected chi connectivity index (χ3v) is 12.4. The summed E-state index contributed by atoms with van der Waals surface area (Å²) in [5.74, 6) is 0. The molecule has 0 N–H and O–H groups in total. The van der Waals surface area contributed by atoms with Crippen molar-refractivity contribution < 1.29 is 8.85 Å². The zero-order valence-electron chi connectivity index (χ0n) is 25.7. The molecule has 2 nitrogen and oxygen atoms in total. The highest BCUT2D eigenvalue weighted by Gasteiger charge is 2.50. The normalized spacial score (nSPS) is 11.8. The molecular weight excluding hydrogens is 541 g/mol. The molecule has 0 amide bonds. The smallest absolute Gasteiger partial charge is 0.388 e. The second-order valence-electron chi connectivity index (χ2n) is 10.9. The van der Waals surface area contributed by atoms with Gasteiger partial charge in [-0.3, -0.25) is 0 Å². The van der Waals surface area contributed by atoms with E-state index in [1.165, 1.54) is 66.0 Å². The highest BCUT2D eigenvalue weighted by molar-refractivity contribution is 6.95. The maximum atomic E-state index is 7.13. The molecule has 0 atom stereocenters. The van der Waals surface area contributed by atoms with Gasteiger partial charge in [0.2, 0.25) is 0 Å². The minimum atomic E-state index is -3.22. The highest BCUT2D eigenvalue weighted by atomic mass is 28.4. The second kappa shape index (κ2) is 12.7. The Bertz CT molecular complexity index is 1630. The first-order chi connectivity index (χ1) is 21.2. The molecule has 6 rings (SSSR count). The lowest BCUT2D eigenvalue weighted by Crippen LogP contribution is -2.65. The molecule has 4 aliphatic rings.